The molecule has 1 heterocycles. The Kier molecular flexibility index (Phi) is 2.17. The topological polar surface area (TPSA) is 35.5 Å². The van der Waals surface area contributed by atoms with E-state index in [9.17, 15) is 4.79 Å². The van der Waals surface area contributed by atoms with E-state index in [0.29, 0.717) is 13.0 Å². The largest absolute Gasteiger partial charge is 0.483 e. The summed E-state index contributed by atoms with van der Waals surface area (Å²) in [6, 6.07) is 0. The summed E-state index contributed by atoms with van der Waals surface area (Å²) in [6.45, 7) is 3.91. The molecule has 0 spiro atoms. The fraction of sp³-hybridized carbons (Fsp3) is 0.625. The molecule has 3 nitrogen and oxygen atoms in total. The standard InChI is InChI=1S/C8H12O3/c1-3-10-7(9)8(2)5-4-6-11-8/h4,6H,3,5H2,1-2H3. The van der Waals surface area contributed by atoms with E-state index in [1.165, 1.54) is 6.26 Å². The Balaban J connectivity index is 2.51. The van der Waals surface area contributed by atoms with Crippen molar-refractivity contribution < 1.29 is 14.3 Å². The Morgan fingerprint density at radius 2 is 2.55 bits per heavy atom. The Hall–Kier alpha value is -0.990. The first kappa shape index (κ1) is 8.11. The average molecular weight is 156 g/mol. The van der Waals surface area contributed by atoms with Gasteiger partial charge in [-0.1, -0.05) is 0 Å². The molecule has 0 amide bonds. The zero-order valence-corrected chi connectivity index (χ0v) is 6.79. The molecular formula is C8H12O3. The zero-order valence-electron chi connectivity index (χ0n) is 6.79. The molecule has 1 aliphatic heterocycles. The van der Waals surface area contributed by atoms with Crippen LogP contribution in [0.1, 0.15) is 20.3 Å². The van der Waals surface area contributed by atoms with Gasteiger partial charge >= 0.3 is 5.97 Å². The summed E-state index contributed by atoms with van der Waals surface area (Å²) in [5, 5.41) is 0. The van der Waals surface area contributed by atoms with Crippen molar-refractivity contribution in [3.8, 4) is 0 Å². The Morgan fingerprint density at radius 3 is 3.00 bits per heavy atom. The van der Waals surface area contributed by atoms with Gasteiger partial charge in [-0.15, -0.1) is 0 Å². The van der Waals surface area contributed by atoms with Crippen molar-refractivity contribution in [1.29, 1.82) is 0 Å². The van der Waals surface area contributed by atoms with Gasteiger partial charge in [0.05, 0.1) is 12.9 Å². The Bertz CT molecular complexity index is 176. The van der Waals surface area contributed by atoms with Crippen LogP contribution < -0.4 is 0 Å². The maximum atomic E-state index is 11.2. The summed E-state index contributed by atoms with van der Waals surface area (Å²) < 4.78 is 9.92. The first-order valence-corrected chi connectivity index (χ1v) is 3.69. The highest BCUT2D eigenvalue weighted by atomic mass is 16.6. The van der Waals surface area contributed by atoms with E-state index in [1.807, 2.05) is 6.08 Å². The number of rotatable bonds is 2. The molecule has 0 saturated carbocycles. The zero-order chi connectivity index (χ0) is 8.32. The van der Waals surface area contributed by atoms with Gasteiger partial charge in [-0.25, -0.2) is 4.79 Å². The number of ether oxygens (including phenoxy) is 2. The number of carbonyl (C=O) groups excluding carboxylic acids is 1. The van der Waals surface area contributed by atoms with E-state index in [2.05, 4.69) is 0 Å². The lowest BCUT2D eigenvalue weighted by atomic mass is 10.0. The van der Waals surface area contributed by atoms with E-state index < -0.39 is 5.60 Å². The third-order valence-corrected chi connectivity index (χ3v) is 1.64. The lowest BCUT2D eigenvalue weighted by Gasteiger charge is -2.20. The average Bonchev–Trinajstić information content (AvgIpc) is 2.38. The molecule has 0 aromatic rings. The molecule has 0 aromatic carbocycles. The Morgan fingerprint density at radius 1 is 1.82 bits per heavy atom. The van der Waals surface area contributed by atoms with Crippen LogP contribution in [0.3, 0.4) is 0 Å². The van der Waals surface area contributed by atoms with Crippen molar-refractivity contribution in [2.24, 2.45) is 0 Å². The molecule has 0 fully saturated rings. The maximum absolute atomic E-state index is 11.2. The molecule has 0 aliphatic carbocycles. The van der Waals surface area contributed by atoms with Gasteiger partial charge in [-0.05, 0) is 19.9 Å². The number of carbonyl (C=O) groups is 1. The van der Waals surface area contributed by atoms with Crippen molar-refractivity contribution in [2.75, 3.05) is 6.61 Å². The minimum atomic E-state index is -0.768. The smallest absolute Gasteiger partial charge is 0.350 e. The minimum Gasteiger partial charge on any atom is -0.483 e. The second-order valence-electron chi connectivity index (χ2n) is 2.65. The van der Waals surface area contributed by atoms with Crippen molar-refractivity contribution >= 4 is 5.97 Å². The van der Waals surface area contributed by atoms with Gasteiger partial charge in [0, 0.05) is 6.42 Å². The second kappa shape index (κ2) is 2.95. The van der Waals surface area contributed by atoms with E-state index in [-0.39, 0.29) is 5.97 Å². The van der Waals surface area contributed by atoms with Crippen molar-refractivity contribution in [3.63, 3.8) is 0 Å². The molecule has 3 heteroatoms. The number of hydrogen-bond donors (Lipinski definition) is 0. The van der Waals surface area contributed by atoms with Crippen LogP contribution >= 0.6 is 0 Å². The lowest BCUT2D eigenvalue weighted by Crippen LogP contribution is -2.35. The van der Waals surface area contributed by atoms with Gasteiger partial charge in [0.2, 0.25) is 5.60 Å². The van der Waals surface area contributed by atoms with Crippen LogP contribution in [0.4, 0.5) is 0 Å². The van der Waals surface area contributed by atoms with Crippen LogP contribution in [0, 0.1) is 0 Å². The summed E-state index contributed by atoms with van der Waals surface area (Å²) >= 11 is 0. The highest BCUT2D eigenvalue weighted by molar-refractivity contribution is 5.79. The minimum absolute atomic E-state index is 0.287. The molecule has 11 heavy (non-hydrogen) atoms. The normalized spacial score (nSPS) is 28.2. The predicted octanol–water partition coefficient (Wildman–Crippen LogP) is 1.24. The highest BCUT2D eigenvalue weighted by Crippen LogP contribution is 2.23. The van der Waals surface area contributed by atoms with Crippen molar-refractivity contribution in [2.45, 2.75) is 25.9 Å². The fourth-order valence-electron chi connectivity index (χ4n) is 0.935. The van der Waals surface area contributed by atoms with Gasteiger partial charge in [0.25, 0.3) is 0 Å². The van der Waals surface area contributed by atoms with E-state index in [1.54, 1.807) is 13.8 Å². The number of hydrogen-bond acceptors (Lipinski definition) is 3. The molecule has 0 aromatic heterocycles. The SMILES string of the molecule is CCOC(=O)C1(C)CC=CO1. The number of esters is 1. The first-order chi connectivity index (χ1) is 5.19. The maximum Gasteiger partial charge on any atom is 0.350 e. The predicted molar refractivity (Wildman–Crippen MR) is 39.9 cm³/mol. The molecule has 0 bridgehead atoms. The van der Waals surface area contributed by atoms with E-state index >= 15 is 0 Å². The summed E-state index contributed by atoms with van der Waals surface area (Å²) in [4.78, 5) is 11.2. The third-order valence-electron chi connectivity index (χ3n) is 1.64. The van der Waals surface area contributed by atoms with Gasteiger partial charge in [0.15, 0.2) is 0 Å². The van der Waals surface area contributed by atoms with E-state index in [0.717, 1.165) is 0 Å². The summed E-state index contributed by atoms with van der Waals surface area (Å²) in [7, 11) is 0. The van der Waals surface area contributed by atoms with Crippen LogP contribution in [-0.4, -0.2) is 18.2 Å². The van der Waals surface area contributed by atoms with Crippen molar-refractivity contribution in [3.05, 3.63) is 12.3 Å². The molecule has 0 radical (unpaired) electrons. The van der Waals surface area contributed by atoms with Gasteiger partial charge < -0.3 is 9.47 Å². The second-order valence-corrected chi connectivity index (χ2v) is 2.65. The molecule has 1 atom stereocenters. The summed E-state index contributed by atoms with van der Waals surface area (Å²) in [6.07, 6.45) is 3.96. The van der Waals surface area contributed by atoms with E-state index in [4.69, 9.17) is 9.47 Å². The lowest BCUT2D eigenvalue weighted by molar-refractivity contribution is -0.161. The van der Waals surface area contributed by atoms with Crippen LogP contribution in [0.5, 0.6) is 0 Å². The van der Waals surface area contributed by atoms with Crippen LogP contribution in [-0.2, 0) is 14.3 Å². The highest BCUT2D eigenvalue weighted by Gasteiger charge is 2.37. The fourth-order valence-corrected chi connectivity index (χ4v) is 0.935. The molecule has 1 aliphatic rings. The monoisotopic (exact) mass is 156 g/mol. The van der Waals surface area contributed by atoms with Crippen LogP contribution in [0.2, 0.25) is 0 Å². The van der Waals surface area contributed by atoms with Crippen LogP contribution in [0.15, 0.2) is 12.3 Å². The first-order valence-electron chi connectivity index (χ1n) is 3.69. The Labute approximate surface area is 66.0 Å². The summed E-state index contributed by atoms with van der Waals surface area (Å²) in [5.41, 5.74) is -0.768. The molecule has 1 unspecified atom stereocenters. The van der Waals surface area contributed by atoms with Gasteiger partial charge in [0.1, 0.15) is 0 Å². The summed E-state index contributed by atoms with van der Waals surface area (Å²) in [5.74, 6) is -0.287. The molecule has 1 rings (SSSR count). The quantitative estimate of drug-likeness (QED) is 0.564. The van der Waals surface area contributed by atoms with Crippen molar-refractivity contribution in [1.82, 2.24) is 0 Å². The molecular weight excluding hydrogens is 144 g/mol. The van der Waals surface area contributed by atoms with Gasteiger partial charge in [-0.2, -0.15) is 0 Å². The van der Waals surface area contributed by atoms with Gasteiger partial charge in [-0.3, -0.25) is 0 Å². The molecule has 0 N–H and O–H groups in total. The molecule has 62 valence electrons. The third kappa shape index (κ3) is 1.53. The van der Waals surface area contributed by atoms with Crippen LogP contribution in [0.25, 0.3) is 0 Å². The molecule has 0 saturated heterocycles.